The number of nitrogens with zero attached hydrogens (tertiary/aromatic N) is 1. The highest BCUT2D eigenvalue weighted by Crippen LogP contribution is 2.35. The highest BCUT2D eigenvalue weighted by Gasteiger charge is 2.17. The quantitative estimate of drug-likeness (QED) is 0.326. The van der Waals surface area contributed by atoms with E-state index in [1.807, 2.05) is 0 Å². The fourth-order valence-corrected chi connectivity index (χ4v) is 1.73. The Morgan fingerprint density at radius 2 is 2.00 bits per heavy atom. The van der Waals surface area contributed by atoms with Crippen molar-refractivity contribution in [1.82, 2.24) is 0 Å². The molecule has 0 amide bonds. The van der Waals surface area contributed by atoms with Gasteiger partial charge in [0.05, 0.1) is 23.3 Å². The van der Waals surface area contributed by atoms with E-state index in [4.69, 9.17) is 10.5 Å². The van der Waals surface area contributed by atoms with E-state index >= 15 is 0 Å². The number of nitrogen functional groups attached to an aromatic ring is 1. The lowest BCUT2D eigenvalue weighted by atomic mass is 10.2. The molecule has 0 saturated carbocycles. The first kappa shape index (κ1) is 15.1. The summed E-state index contributed by atoms with van der Waals surface area (Å²) < 4.78 is 5.42. The van der Waals surface area contributed by atoms with Crippen LogP contribution in [0.25, 0.3) is 0 Å². The number of ether oxygens (including phenoxy) is 1. The van der Waals surface area contributed by atoms with Gasteiger partial charge < -0.3 is 15.6 Å². The Morgan fingerprint density at radius 3 is 2.63 bits per heavy atom. The summed E-state index contributed by atoms with van der Waals surface area (Å²) in [7, 11) is 0. The Labute approximate surface area is 112 Å². The third-order valence-electron chi connectivity index (χ3n) is 2.81. The minimum atomic E-state index is -0.664. The average molecular weight is 268 g/mol. The van der Waals surface area contributed by atoms with Gasteiger partial charge in [-0.15, -0.1) is 0 Å². The van der Waals surface area contributed by atoms with E-state index in [9.17, 15) is 15.2 Å². The van der Waals surface area contributed by atoms with E-state index in [0.29, 0.717) is 6.61 Å². The number of hydrogen-bond donors (Lipinski definition) is 2. The van der Waals surface area contributed by atoms with Crippen molar-refractivity contribution in [2.45, 2.75) is 39.0 Å². The number of rotatable bonds is 8. The molecular formula is C13H20N2O4. The summed E-state index contributed by atoms with van der Waals surface area (Å²) in [6.07, 6.45) is 5.48. The normalized spacial score (nSPS) is 10.4. The zero-order valence-electron chi connectivity index (χ0n) is 11.1. The Bertz CT molecular complexity index is 435. The van der Waals surface area contributed by atoms with Gasteiger partial charge in [0, 0.05) is 6.07 Å². The van der Waals surface area contributed by atoms with Gasteiger partial charge in [0.25, 0.3) is 0 Å². The van der Waals surface area contributed by atoms with Gasteiger partial charge in [-0.05, 0) is 6.42 Å². The first-order chi connectivity index (χ1) is 9.06. The van der Waals surface area contributed by atoms with Crippen molar-refractivity contribution in [2.24, 2.45) is 0 Å². The first-order valence-electron chi connectivity index (χ1n) is 6.46. The lowest BCUT2D eigenvalue weighted by Gasteiger charge is -2.09. The molecule has 0 fully saturated rings. The maximum Gasteiger partial charge on any atom is 0.314 e. The summed E-state index contributed by atoms with van der Waals surface area (Å²) in [6.45, 7) is 2.61. The van der Waals surface area contributed by atoms with Crippen molar-refractivity contribution >= 4 is 11.4 Å². The van der Waals surface area contributed by atoms with Gasteiger partial charge in [0.15, 0.2) is 5.75 Å². The Hall–Kier alpha value is -1.98. The maximum atomic E-state index is 10.7. The summed E-state index contributed by atoms with van der Waals surface area (Å²) >= 11 is 0. The second-order valence-corrected chi connectivity index (χ2v) is 4.40. The fourth-order valence-electron chi connectivity index (χ4n) is 1.73. The molecule has 0 heterocycles. The summed E-state index contributed by atoms with van der Waals surface area (Å²) in [5, 5.41) is 20.1. The molecule has 106 valence electrons. The van der Waals surface area contributed by atoms with Crippen LogP contribution in [0.1, 0.15) is 39.0 Å². The van der Waals surface area contributed by atoms with Crippen molar-refractivity contribution in [2.75, 3.05) is 12.3 Å². The maximum absolute atomic E-state index is 10.7. The molecule has 19 heavy (non-hydrogen) atoms. The molecule has 1 aromatic carbocycles. The van der Waals surface area contributed by atoms with Gasteiger partial charge in [0.2, 0.25) is 0 Å². The summed E-state index contributed by atoms with van der Waals surface area (Å²) in [5.74, 6) is -0.196. The number of anilines is 1. The predicted octanol–water partition coefficient (Wildman–Crippen LogP) is 3.23. The number of nitrogens with two attached hydrogens (primary N) is 1. The van der Waals surface area contributed by atoms with E-state index in [1.165, 1.54) is 12.8 Å². The van der Waals surface area contributed by atoms with Crippen molar-refractivity contribution in [3.63, 3.8) is 0 Å². The highest BCUT2D eigenvalue weighted by atomic mass is 16.6. The summed E-state index contributed by atoms with van der Waals surface area (Å²) in [4.78, 5) is 10.0. The zero-order valence-corrected chi connectivity index (χ0v) is 11.1. The van der Waals surface area contributed by atoms with Crippen molar-refractivity contribution < 1.29 is 14.8 Å². The number of phenols is 1. The third kappa shape index (κ3) is 4.65. The van der Waals surface area contributed by atoms with Crippen LogP contribution in [-0.2, 0) is 0 Å². The van der Waals surface area contributed by atoms with Crippen LogP contribution in [0.2, 0.25) is 0 Å². The molecule has 1 rings (SSSR count). The molecule has 0 radical (unpaired) electrons. The standard InChI is InChI=1S/C13H20N2O4/c1-2-3-4-5-6-7-19-13-9-11(15(17)18)12(16)8-10(13)14/h8-9,16H,2-7,14H2,1H3. The van der Waals surface area contributed by atoms with E-state index in [0.717, 1.165) is 31.4 Å². The van der Waals surface area contributed by atoms with Crippen molar-refractivity contribution in [1.29, 1.82) is 0 Å². The van der Waals surface area contributed by atoms with Crippen LogP contribution in [0.5, 0.6) is 11.5 Å². The fraction of sp³-hybridized carbons (Fsp3) is 0.538. The Morgan fingerprint density at radius 1 is 1.32 bits per heavy atom. The molecule has 0 atom stereocenters. The van der Waals surface area contributed by atoms with Gasteiger partial charge in [-0.25, -0.2) is 0 Å². The van der Waals surface area contributed by atoms with E-state index in [1.54, 1.807) is 0 Å². The minimum Gasteiger partial charge on any atom is -0.502 e. The molecule has 0 unspecified atom stereocenters. The summed E-state index contributed by atoms with van der Waals surface area (Å²) in [6, 6.07) is 2.31. The van der Waals surface area contributed by atoms with Gasteiger partial charge >= 0.3 is 5.69 Å². The topological polar surface area (TPSA) is 98.6 Å². The second kappa shape index (κ2) is 7.45. The lowest BCUT2D eigenvalue weighted by molar-refractivity contribution is -0.385. The van der Waals surface area contributed by atoms with Gasteiger partial charge in [0.1, 0.15) is 5.75 Å². The van der Waals surface area contributed by atoms with Gasteiger partial charge in [-0.3, -0.25) is 10.1 Å². The third-order valence-corrected chi connectivity index (χ3v) is 2.81. The number of aromatic hydroxyl groups is 1. The van der Waals surface area contributed by atoms with Crippen LogP contribution in [0.15, 0.2) is 12.1 Å². The van der Waals surface area contributed by atoms with E-state index in [2.05, 4.69) is 6.92 Å². The van der Waals surface area contributed by atoms with Crippen LogP contribution in [0.3, 0.4) is 0 Å². The Kier molecular flexibility index (Phi) is 5.92. The molecule has 6 heteroatoms. The lowest BCUT2D eigenvalue weighted by Crippen LogP contribution is -2.01. The van der Waals surface area contributed by atoms with Crippen LogP contribution < -0.4 is 10.5 Å². The van der Waals surface area contributed by atoms with Crippen LogP contribution >= 0.6 is 0 Å². The largest absolute Gasteiger partial charge is 0.502 e. The number of phenolic OH excluding ortho intramolecular Hbond substituents is 1. The number of benzene rings is 1. The average Bonchev–Trinajstić information content (AvgIpc) is 2.35. The molecule has 0 aliphatic carbocycles. The number of unbranched alkanes of at least 4 members (excludes halogenated alkanes) is 4. The second-order valence-electron chi connectivity index (χ2n) is 4.40. The molecular weight excluding hydrogens is 248 g/mol. The first-order valence-corrected chi connectivity index (χ1v) is 6.46. The van der Waals surface area contributed by atoms with Crippen LogP contribution in [0.4, 0.5) is 11.4 Å². The molecule has 6 nitrogen and oxygen atoms in total. The molecule has 0 spiro atoms. The van der Waals surface area contributed by atoms with Crippen molar-refractivity contribution in [3.05, 3.63) is 22.2 Å². The number of nitro groups is 1. The molecule has 1 aromatic rings. The minimum absolute atomic E-state index is 0.205. The summed E-state index contributed by atoms with van der Waals surface area (Å²) in [5.41, 5.74) is 5.46. The van der Waals surface area contributed by atoms with E-state index < -0.39 is 16.4 Å². The molecule has 0 aromatic heterocycles. The molecule has 0 bridgehead atoms. The van der Waals surface area contributed by atoms with E-state index in [-0.39, 0.29) is 11.4 Å². The molecule has 0 saturated heterocycles. The number of nitro benzene ring substituents is 1. The van der Waals surface area contributed by atoms with Gasteiger partial charge in [-0.2, -0.15) is 0 Å². The van der Waals surface area contributed by atoms with Gasteiger partial charge in [-0.1, -0.05) is 32.6 Å². The number of hydrogen-bond acceptors (Lipinski definition) is 5. The zero-order chi connectivity index (χ0) is 14.3. The van der Waals surface area contributed by atoms with Crippen LogP contribution in [0, 0.1) is 10.1 Å². The molecule has 0 aliphatic rings. The Balaban J connectivity index is 2.53. The van der Waals surface area contributed by atoms with Crippen molar-refractivity contribution in [3.8, 4) is 11.5 Å². The van der Waals surface area contributed by atoms with Crippen LogP contribution in [-0.4, -0.2) is 16.6 Å². The SMILES string of the molecule is CCCCCCCOc1cc([N+](=O)[O-])c(O)cc1N. The smallest absolute Gasteiger partial charge is 0.314 e. The molecule has 0 aliphatic heterocycles. The predicted molar refractivity (Wildman–Crippen MR) is 73.4 cm³/mol. The highest BCUT2D eigenvalue weighted by molar-refractivity contribution is 5.64. The molecule has 3 N–H and O–H groups in total. The monoisotopic (exact) mass is 268 g/mol.